The Hall–Kier alpha value is -0.300. The lowest BCUT2D eigenvalue weighted by Gasteiger charge is -2.31. The molecule has 1 aliphatic carbocycles. The molecule has 11 heavy (non-hydrogen) atoms. The van der Waals surface area contributed by atoms with Crippen molar-refractivity contribution < 1.29 is 4.74 Å². The highest BCUT2D eigenvalue weighted by Crippen LogP contribution is 2.55. The Morgan fingerprint density at radius 3 is 2.64 bits per heavy atom. The van der Waals surface area contributed by atoms with Gasteiger partial charge in [-0.2, -0.15) is 0 Å². The number of hydrogen-bond acceptors (Lipinski definition) is 1. The van der Waals surface area contributed by atoms with Crippen LogP contribution in [0.15, 0.2) is 12.2 Å². The summed E-state index contributed by atoms with van der Waals surface area (Å²) >= 11 is 0. The van der Waals surface area contributed by atoms with Gasteiger partial charge < -0.3 is 4.74 Å². The average Bonchev–Trinajstić information content (AvgIpc) is 2.36. The van der Waals surface area contributed by atoms with Crippen molar-refractivity contribution >= 4 is 0 Å². The normalized spacial score (nSPS) is 46.8. The summed E-state index contributed by atoms with van der Waals surface area (Å²) in [6, 6.07) is 0. The molecule has 0 radical (unpaired) electrons. The van der Waals surface area contributed by atoms with Crippen LogP contribution in [0.2, 0.25) is 0 Å². The number of hydrogen-bond donors (Lipinski definition) is 0. The molecule has 0 unspecified atom stereocenters. The van der Waals surface area contributed by atoms with Gasteiger partial charge in [-0.25, -0.2) is 0 Å². The van der Waals surface area contributed by atoms with Gasteiger partial charge in [0.15, 0.2) is 0 Å². The van der Waals surface area contributed by atoms with Crippen molar-refractivity contribution in [2.45, 2.75) is 45.3 Å². The summed E-state index contributed by atoms with van der Waals surface area (Å²) in [5, 5.41) is 0. The maximum absolute atomic E-state index is 5.61. The number of ether oxygens (including phenoxy) is 1. The van der Waals surface area contributed by atoms with Gasteiger partial charge in [0.05, 0.1) is 5.60 Å². The highest BCUT2D eigenvalue weighted by molar-refractivity contribution is 5.25. The molecule has 0 amide bonds. The Morgan fingerprint density at radius 1 is 1.45 bits per heavy atom. The second-order valence-electron chi connectivity index (χ2n) is 4.99. The standard InChI is InChI=1S/C10H16O/c1-7-5-9(2,3)6-10(4)8(7)11-10/h8H,1,5-6H2,2-4H3/t8-,10+/m1/s1. The number of fused-ring (bicyclic) bond motifs is 1. The van der Waals surface area contributed by atoms with E-state index >= 15 is 0 Å². The van der Waals surface area contributed by atoms with Gasteiger partial charge in [-0.3, -0.25) is 0 Å². The fraction of sp³-hybridized carbons (Fsp3) is 0.800. The molecule has 1 saturated carbocycles. The zero-order valence-electron chi connectivity index (χ0n) is 7.61. The molecule has 0 aromatic heterocycles. The molecule has 2 fully saturated rings. The quantitative estimate of drug-likeness (QED) is 0.384. The molecule has 0 spiro atoms. The van der Waals surface area contributed by atoms with Crippen LogP contribution in [0.4, 0.5) is 0 Å². The van der Waals surface area contributed by atoms with Gasteiger partial charge in [-0.05, 0) is 30.8 Å². The molecule has 0 bridgehead atoms. The highest BCUT2D eigenvalue weighted by atomic mass is 16.6. The molecule has 62 valence electrons. The molecule has 1 heteroatoms. The molecular formula is C10H16O. The fourth-order valence-electron chi connectivity index (χ4n) is 2.60. The van der Waals surface area contributed by atoms with E-state index in [4.69, 9.17) is 4.74 Å². The molecule has 0 aromatic carbocycles. The molecule has 1 nitrogen and oxygen atoms in total. The van der Waals surface area contributed by atoms with Crippen LogP contribution < -0.4 is 0 Å². The van der Waals surface area contributed by atoms with Crippen LogP contribution in [-0.4, -0.2) is 11.7 Å². The predicted molar refractivity (Wildman–Crippen MR) is 45.4 cm³/mol. The zero-order chi connectivity index (χ0) is 8.28. The SMILES string of the molecule is C=C1CC(C)(C)C[C@]2(C)O[C@H]12. The second-order valence-corrected chi connectivity index (χ2v) is 4.99. The van der Waals surface area contributed by atoms with Gasteiger partial charge >= 0.3 is 0 Å². The summed E-state index contributed by atoms with van der Waals surface area (Å²) in [6.45, 7) is 10.8. The van der Waals surface area contributed by atoms with Gasteiger partial charge in [0.1, 0.15) is 6.10 Å². The van der Waals surface area contributed by atoms with Gasteiger partial charge in [0.25, 0.3) is 0 Å². The van der Waals surface area contributed by atoms with Crippen LogP contribution in [0.25, 0.3) is 0 Å². The Bertz CT molecular complexity index is 214. The zero-order valence-corrected chi connectivity index (χ0v) is 7.61. The maximum Gasteiger partial charge on any atom is 0.108 e. The van der Waals surface area contributed by atoms with E-state index in [2.05, 4.69) is 27.4 Å². The molecule has 1 aliphatic heterocycles. The molecule has 2 aliphatic rings. The minimum atomic E-state index is 0.152. The van der Waals surface area contributed by atoms with Crippen molar-refractivity contribution in [1.29, 1.82) is 0 Å². The Balaban J connectivity index is 2.21. The maximum atomic E-state index is 5.61. The van der Waals surface area contributed by atoms with E-state index in [0.29, 0.717) is 11.5 Å². The minimum absolute atomic E-state index is 0.152. The summed E-state index contributed by atoms with van der Waals surface area (Å²) < 4.78 is 5.61. The lowest BCUT2D eigenvalue weighted by Crippen LogP contribution is -2.29. The Kier molecular flexibility index (Phi) is 1.15. The monoisotopic (exact) mass is 152 g/mol. The van der Waals surface area contributed by atoms with E-state index in [9.17, 15) is 0 Å². The van der Waals surface area contributed by atoms with Crippen LogP contribution in [0.3, 0.4) is 0 Å². The molecule has 1 saturated heterocycles. The average molecular weight is 152 g/mol. The number of epoxide rings is 1. The number of rotatable bonds is 0. The van der Waals surface area contributed by atoms with Crippen LogP contribution >= 0.6 is 0 Å². The topological polar surface area (TPSA) is 12.5 Å². The fourth-order valence-corrected chi connectivity index (χ4v) is 2.60. The molecule has 0 N–H and O–H groups in total. The van der Waals surface area contributed by atoms with E-state index in [0.717, 1.165) is 6.42 Å². The molecule has 2 rings (SSSR count). The largest absolute Gasteiger partial charge is 0.362 e. The van der Waals surface area contributed by atoms with E-state index in [1.54, 1.807) is 0 Å². The first kappa shape index (κ1) is 7.35. The predicted octanol–water partition coefficient (Wildman–Crippen LogP) is 2.52. The van der Waals surface area contributed by atoms with Gasteiger partial charge in [-0.1, -0.05) is 20.4 Å². The summed E-state index contributed by atoms with van der Waals surface area (Å²) in [7, 11) is 0. The van der Waals surface area contributed by atoms with Gasteiger partial charge in [0, 0.05) is 0 Å². The first-order valence-corrected chi connectivity index (χ1v) is 4.28. The van der Waals surface area contributed by atoms with Crippen molar-refractivity contribution in [3.63, 3.8) is 0 Å². The molecular weight excluding hydrogens is 136 g/mol. The van der Waals surface area contributed by atoms with Gasteiger partial charge in [0.2, 0.25) is 0 Å². The van der Waals surface area contributed by atoms with Crippen LogP contribution in [0, 0.1) is 5.41 Å². The third-order valence-electron chi connectivity index (χ3n) is 2.79. The van der Waals surface area contributed by atoms with Crippen molar-refractivity contribution in [2.24, 2.45) is 5.41 Å². The third-order valence-corrected chi connectivity index (χ3v) is 2.79. The summed E-state index contributed by atoms with van der Waals surface area (Å²) in [6.07, 6.45) is 2.70. The highest BCUT2D eigenvalue weighted by Gasteiger charge is 2.59. The van der Waals surface area contributed by atoms with Crippen molar-refractivity contribution in [1.82, 2.24) is 0 Å². The third kappa shape index (κ3) is 1.02. The lowest BCUT2D eigenvalue weighted by atomic mass is 9.71. The van der Waals surface area contributed by atoms with Crippen LogP contribution in [-0.2, 0) is 4.74 Å². The summed E-state index contributed by atoms with van der Waals surface area (Å²) in [5.74, 6) is 0. The second kappa shape index (κ2) is 1.71. The van der Waals surface area contributed by atoms with E-state index < -0.39 is 0 Å². The summed E-state index contributed by atoms with van der Waals surface area (Å²) in [4.78, 5) is 0. The first-order valence-electron chi connectivity index (χ1n) is 4.28. The van der Waals surface area contributed by atoms with Crippen LogP contribution in [0.5, 0.6) is 0 Å². The minimum Gasteiger partial charge on any atom is -0.362 e. The smallest absolute Gasteiger partial charge is 0.108 e. The van der Waals surface area contributed by atoms with Crippen molar-refractivity contribution in [2.75, 3.05) is 0 Å². The molecule has 2 atom stereocenters. The van der Waals surface area contributed by atoms with Crippen molar-refractivity contribution in [3.05, 3.63) is 12.2 Å². The van der Waals surface area contributed by atoms with E-state index in [1.165, 1.54) is 12.0 Å². The van der Waals surface area contributed by atoms with E-state index in [-0.39, 0.29) is 5.60 Å². The molecule has 0 aromatic rings. The van der Waals surface area contributed by atoms with Crippen molar-refractivity contribution in [3.8, 4) is 0 Å². The Labute approximate surface area is 68.4 Å². The molecule has 1 heterocycles. The Morgan fingerprint density at radius 2 is 2.09 bits per heavy atom. The lowest BCUT2D eigenvalue weighted by molar-refractivity contribution is 0.219. The van der Waals surface area contributed by atoms with Crippen LogP contribution in [0.1, 0.15) is 33.6 Å². The van der Waals surface area contributed by atoms with E-state index in [1.807, 2.05) is 0 Å². The van der Waals surface area contributed by atoms with Gasteiger partial charge in [-0.15, -0.1) is 0 Å². The summed E-state index contributed by atoms with van der Waals surface area (Å²) in [5.41, 5.74) is 1.85. The first-order chi connectivity index (χ1) is 4.93.